The second kappa shape index (κ2) is 11.5. The number of fused-ring (bicyclic) bond motifs is 2. The van der Waals surface area contributed by atoms with E-state index in [0.717, 1.165) is 49.4 Å². The minimum Gasteiger partial charge on any atom is -0.377 e. The van der Waals surface area contributed by atoms with Gasteiger partial charge in [0.1, 0.15) is 6.54 Å². The molecule has 2 aromatic carbocycles. The van der Waals surface area contributed by atoms with Crippen LogP contribution in [0.3, 0.4) is 0 Å². The highest BCUT2D eigenvalue weighted by molar-refractivity contribution is 5.86. The fraction of sp³-hybridized carbons (Fsp3) is 0.548. The summed E-state index contributed by atoms with van der Waals surface area (Å²) >= 11 is 0. The smallest absolute Gasteiger partial charge is 0.377 e. The number of benzene rings is 2. The Morgan fingerprint density at radius 1 is 0.750 bits per heavy atom. The van der Waals surface area contributed by atoms with Gasteiger partial charge < -0.3 is 14.4 Å². The zero-order valence-corrected chi connectivity index (χ0v) is 31.9. The molecule has 6 nitrogen and oxygen atoms in total. The molecule has 1 fully saturated rings. The summed E-state index contributed by atoms with van der Waals surface area (Å²) in [5.41, 5.74) is 8.22. The number of rotatable bonds is 6. The Hall–Kier alpha value is -3.67. The molecule has 0 radical (unpaired) electrons. The molecule has 1 unspecified atom stereocenters. The third-order valence-electron chi connectivity index (χ3n) is 10.3. The lowest BCUT2D eigenvalue weighted by Gasteiger charge is -2.34. The molecule has 6 heteroatoms. The van der Waals surface area contributed by atoms with Gasteiger partial charge in [0, 0.05) is 63.3 Å². The normalized spacial score (nSPS) is 19.6. The number of aromatic nitrogens is 1. The van der Waals surface area contributed by atoms with Gasteiger partial charge in [-0.1, -0.05) is 89.7 Å². The third kappa shape index (κ3) is 6.05. The number of unbranched alkanes of at least 4 members (excludes halogenated alkanes) is 1. The van der Waals surface area contributed by atoms with Crippen molar-refractivity contribution in [2.45, 2.75) is 130 Å². The van der Waals surface area contributed by atoms with Crippen molar-refractivity contribution in [3.05, 3.63) is 82.2 Å². The van der Waals surface area contributed by atoms with E-state index in [1.54, 1.807) is 0 Å². The lowest BCUT2D eigenvalue weighted by molar-refractivity contribution is -0.867. The lowest BCUT2D eigenvalue weighted by atomic mass is 9.79. The monoisotopic (exact) mass is 651 g/mol. The topological polar surface area (TPSA) is 31.6 Å². The molecule has 1 atom stereocenters. The number of pyridine rings is 1. The second-order valence-electron chi connectivity index (χ2n) is 18.2. The first-order valence-corrected chi connectivity index (χ1v) is 17.9. The Morgan fingerprint density at radius 2 is 1.40 bits per heavy atom. The van der Waals surface area contributed by atoms with Gasteiger partial charge >= 0.3 is 6.03 Å². The van der Waals surface area contributed by atoms with Crippen LogP contribution in [0.1, 0.15) is 122 Å². The molecule has 1 saturated heterocycles. The molecule has 1 spiro atoms. The molecule has 0 N–H and O–H groups in total. The number of aryl methyl sites for hydroxylation is 2. The van der Waals surface area contributed by atoms with Crippen molar-refractivity contribution in [1.29, 1.82) is 0 Å². The molecule has 0 saturated carbocycles. The van der Waals surface area contributed by atoms with Gasteiger partial charge in [0.2, 0.25) is 12.1 Å². The second-order valence-corrected chi connectivity index (χ2v) is 18.2. The van der Waals surface area contributed by atoms with Crippen molar-refractivity contribution in [2.75, 3.05) is 25.5 Å². The predicted molar refractivity (Wildman–Crippen MR) is 197 cm³/mol. The van der Waals surface area contributed by atoms with Gasteiger partial charge in [-0.05, 0) is 46.3 Å². The van der Waals surface area contributed by atoms with Gasteiger partial charge in [-0.3, -0.25) is 0 Å². The van der Waals surface area contributed by atoms with Crippen LogP contribution in [0.15, 0.2) is 48.8 Å². The first-order chi connectivity index (χ1) is 22.2. The van der Waals surface area contributed by atoms with Crippen LogP contribution in [0.2, 0.25) is 0 Å². The summed E-state index contributed by atoms with van der Waals surface area (Å²) in [7, 11) is 4.16. The summed E-state index contributed by atoms with van der Waals surface area (Å²) in [5, 5.41) is 0. The lowest BCUT2D eigenvalue weighted by Crippen LogP contribution is -2.61. The van der Waals surface area contributed by atoms with E-state index in [1.165, 1.54) is 33.5 Å². The summed E-state index contributed by atoms with van der Waals surface area (Å²) in [5.74, 6) is 1.88. The Kier molecular flexibility index (Phi) is 8.16. The molecule has 256 valence electrons. The van der Waals surface area contributed by atoms with Gasteiger partial charge in [0.05, 0.1) is 11.1 Å². The van der Waals surface area contributed by atoms with E-state index < -0.39 is 6.03 Å². The summed E-state index contributed by atoms with van der Waals surface area (Å²) in [6.45, 7) is 26.9. The standard InChI is InChI=1S/C42H59N4O2/c1-38(2,3)31-24-30-26-45-28-41(10,11)46-27-33-29(16-14-15-21-44-22-19-32(20-23-44)43(12)13)17-18-34(39(4,5)6)37(33)48-42(45,46)47-36(30)35(25-31)40(7,8)9/h17-20,22-27H,14-16,21,28H2,1-13H3/q+3. The Bertz CT molecular complexity index is 1790. The molecular formula is C42H59N4O2+3. The van der Waals surface area contributed by atoms with Crippen LogP contribution in [0, 0.1) is 0 Å². The molecule has 4 heterocycles. The average Bonchev–Trinajstić information content (AvgIpc) is 3.19. The van der Waals surface area contributed by atoms with Crippen LogP contribution in [-0.4, -0.2) is 53.8 Å². The van der Waals surface area contributed by atoms with E-state index in [1.807, 2.05) is 0 Å². The van der Waals surface area contributed by atoms with Crippen molar-refractivity contribution < 1.29 is 23.2 Å². The number of hydrogen-bond acceptors (Lipinski definition) is 3. The number of anilines is 1. The van der Waals surface area contributed by atoms with Gasteiger partial charge in [-0.25, -0.2) is 4.57 Å². The Labute approximate surface area is 289 Å². The molecule has 6 rings (SSSR count). The van der Waals surface area contributed by atoms with Gasteiger partial charge in [-0.2, -0.15) is 0 Å². The summed E-state index contributed by atoms with van der Waals surface area (Å²) in [6.07, 6.45) is 12.2. The Balaban J connectivity index is 1.39. The van der Waals surface area contributed by atoms with E-state index >= 15 is 0 Å². The van der Waals surface area contributed by atoms with E-state index in [4.69, 9.17) is 9.47 Å². The maximum Gasteiger partial charge on any atom is 0.704 e. The van der Waals surface area contributed by atoms with Gasteiger partial charge in [0.25, 0.3) is 0 Å². The van der Waals surface area contributed by atoms with E-state index in [0.29, 0.717) is 0 Å². The van der Waals surface area contributed by atoms with E-state index in [-0.39, 0.29) is 21.8 Å². The number of nitrogens with zero attached hydrogens (tertiary/aromatic N) is 4. The highest BCUT2D eigenvalue weighted by Gasteiger charge is 2.75. The molecule has 0 aliphatic carbocycles. The summed E-state index contributed by atoms with van der Waals surface area (Å²) in [4.78, 5) is 2.14. The first kappa shape index (κ1) is 34.2. The van der Waals surface area contributed by atoms with E-state index in [2.05, 4.69) is 170 Å². The summed E-state index contributed by atoms with van der Waals surface area (Å²) < 4.78 is 21.6. The minimum absolute atomic E-state index is 0.0236. The van der Waals surface area contributed by atoms with Gasteiger partial charge in [0.15, 0.2) is 36.3 Å². The van der Waals surface area contributed by atoms with Gasteiger partial charge in [-0.15, -0.1) is 0 Å². The maximum atomic E-state index is 7.37. The van der Waals surface area contributed by atoms with Crippen molar-refractivity contribution in [3.63, 3.8) is 0 Å². The van der Waals surface area contributed by atoms with Crippen molar-refractivity contribution >= 4 is 18.1 Å². The van der Waals surface area contributed by atoms with E-state index in [9.17, 15) is 0 Å². The summed E-state index contributed by atoms with van der Waals surface area (Å²) in [6, 6.07) is 12.6. The van der Waals surface area contributed by atoms with Crippen LogP contribution < -0.4 is 18.9 Å². The fourth-order valence-electron chi connectivity index (χ4n) is 7.35. The predicted octanol–water partition coefficient (Wildman–Crippen LogP) is 7.71. The minimum atomic E-state index is -1.10. The quantitative estimate of drug-likeness (QED) is 0.202. The molecule has 48 heavy (non-hydrogen) atoms. The van der Waals surface area contributed by atoms with Crippen LogP contribution in [-0.2, 0) is 29.2 Å². The van der Waals surface area contributed by atoms with Crippen LogP contribution >= 0.6 is 0 Å². The zero-order chi connectivity index (χ0) is 35.0. The first-order valence-electron chi connectivity index (χ1n) is 17.9. The highest BCUT2D eigenvalue weighted by Crippen LogP contribution is 2.48. The van der Waals surface area contributed by atoms with Crippen molar-refractivity contribution in [3.8, 4) is 11.5 Å². The van der Waals surface area contributed by atoms with Crippen LogP contribution in [0.5, 0.6) is 11.5 Å². The molecule has 1 aromatic heterocycles. The average molecular weight is 652 g/mol. The highest BCUT2D eigenvalue weighted by atomic mass is 16.7. The largest absolute Gasteiger partial charge is 0.704 e. The Morgan fingerprint density at radius 3 is 2.00 bits per heavy atom. The third-order valence-corrected chi connectivity index (χ3v) is 10.3. The molecular weight excluding hydrogens is 592 g/mol. The van der Waals surface area contributed by atoms with Crippen LogP contribution in [0.4, 0.5) is 5.69 Å². The fourth-order valence-corrected chi connectivity index (χ4v) is 7.35. The van der Waals surface area contributed by atoms with Crippen LogP contribution in [0.25, 0.3) is 0 Å². The van der Waals surface area contributed by atoms with Crippen molar-refractivity contribution in [1.82, 2.24) is 0 Å². The maximum absolute atomic E-state index is 7.37. The zero-order valence-electron chi connectivity index (χ0n) is 31.9. The number of hydrogen-bond donors (Lipinski definition) is 0. The molecule has 3 aromatic rings. The van der Waals surface area contributed by atoms with Crippen molar-refractivity contribution in [2.24, 2.45) is 0 Å². The molecule has 0 bridgehead atoms. The SMILES string of the molecule is CN(C)c1cc[n+](CCCCc2ccc(C(C)(C)C)c3c2C=[N+]2C(C)(C)C[N+]4=Cc5cc(C(C)(C)C)cc(C(C)(C)C)c5OC42O3)cc1. The molecule has 3 aliphatic heterocycles. The molecule has 0 amide bonds. The molecule has 3 aliphatic rings. The number of ether oxygens (including phenoxy) is 2.